The predicted molar refractivity (Wildman–Crippen MR) is 71.9 cm³/mol. The average Bonchev–Trinajstić information content (AvgIpc) is 2.78. The van der Waals surface area contributed by atoms with E-state index in [2.05, 4.69) is 10.0 Å². The highest BCUT2D eigenvalue weighted by Gasteiger charge is 2.19. The van der Waals surface area contributed by atoms with Crippen molar-refractivity contribution in [2.24, 2.45) is 0 Å². The van der Waals surface area contributed by atoms with Crippen LogP contribution in [-0.2, 0) is 16.4 Å². The van der Waals surface area contributed by atoms with Gasteiger partial charge in [-0.3, -0.25) is 0 Å². The lowest BCUT2D eigenvalue weighted by Crippen LogP contribution is -2.41. The van der Waals surface area contributed by atoms with Gasteiger partial charge in [0.1, 0.15) is 5.76 Å². The molecule has 0 aromatic carbocycles. The molecule has 0 spiro atoms. The molecule has 0 amide bonds. The molecule has 1 atom stereocenters. The molecule has 1 unspecified atom stereocenters. The number of hydrogen-bond donors (Lipinski definition) is 2. The molecule has 6 heteroatoms. The van der Waals surface area contributed by atoms with Crippen LogP contribution in [0, 0.1) is 0 Å². The van der Waals surface area contributed by atoms with Gasteiger partial charge in [-0.2, -0.15) is 0 Å². The summed E-state index contributed by atoms with van der Waals surface area (Å²) < 4.78 is 31.5. The van der Waals surface area contributed by atoms with Gasteiger partial charge in [-0.25, -0.2) is 13.1 Å². The molecule has 0 bridgehead atoms. The van der Waals surface area contributed by atoms with Crippen LogP contribution in [0.2, 0.25) is 0 Å². The van der Waals surface area contributed by atoms with E-state index < -0.39 is 15.3 Å². The molecular weight excluding hydrogens is 252 g/mol. The van der Waals surface area contributed by atoms with Crippen molar-refractivity contribution in [2.75, 3.05) is 13.1 Å². The zero-order valence-electron chi connectivity index (χ0n) is 11.1. The number of furan rings is 1. The number of sulfonamides is 1. The highest BCUT2D eigenvalue weighted by atomic mass is 32.2. The second kappa shape index (κ2) is 6.92. The summed E-state index contributed by atoms with van der Waals surface area (Å²) in [7, 11) is -3.26. The summed E-state index contributed by atoms with van der Waals surface area (Å²) >= 11 is 0. The van der Waals surface area contributed by atoms with Gasteiger partial charge in [-0.15, -0.1) is 0 Å². The van der Waals surface area contributed by atoms with E-state index in [9.17, 15) is 8.42 Å². The van der Waals surface area contributed by atoms with E-state index in [4.69, 9.17) is 4.42 Å². The first-order valence-corrected chi connectivity index (χ1v) is 7.70. The fourth-order valence-electron chi connectivity index (χ4n) is 1.42. The fraction of sp³-hybridized carbons (Fsp3) is 0.667. The summed E-state index contributed by atoms with van der Waals surface area (Å²) in [4.78, 5) is 0. The van der Waals surface area contributed by atoms with E-state index in [1.807, 2.05) is 19.9 Å². The van der Waals surface area contributed by atoms with Crippen LogP contribution >= 0.6 is 0 Å². The van der Waals surface area contributed by atoms with Crippen LogP contribution in [0.5, 0.6) is 0 Å². The minimum absolute atomic E-state index is 0.283. The molecule has 5 nitrogen and oxygen atoms in total. The van der Waals surface area contributed by atoms with Gasteiger partial charge in [0.25, 0.3) is 0 Å². The molecule has 1 aromatic heterocycles. The first-order valence-electron chi connectivity index (χ1n) is 6.16. The molecule has 0 aliphatic rings. The Bertz CT molecular complexity index is 426. The Kier molecular flexibility index (Phi) is 5.84. The molecule has 1 aromatic rings. The lowest BCUT2D eigenvalue weighted by Gasteiger charge is -2.16. The van der Waals surface area contributed by atoms with Crippen molar-refractivity contribution < 1.29 is 12.8 Å². The highest BCUT2D eigenvalue weighted by Crippen LogP contribution is 2.02. The zero-order valence-corrected chi connectivity index (χ0v) is 12.0. The van der Waals surface area contributed by atoms with Crippen LogP contribution in [-0.4, -0.2) is 32.8 Å². The Hall–Kier alpha value is -0.850. The van der Waals surface area contributed by atoms with Crippen molar-refractivity contribution in [1.29, 1.82) is 0 Å². The van der Waals surface area contributed by atoms with Crippen molar-refractivity contribution in [1.82, 2.24) is 10.0 Å². The second-order valence-electron chi connectivity index (χ2n) is 4.64. The van der Waals surface area contributed by atoms with Crippen LogP contribution in [0.1, 0.15) is 26.5 Å². The molecule has 0 aliphatic carbocycles. The topological polar surface area (TPSA) is 71.3 Å². The van der Waals surface area contributed by atoms with Crippen molar-refractivity contribution in [3.63, 3.8) is 0 Å². The highest BCUT2D eigenvalue weighted by molar-refractivity contribution is 7.90. The molecule has 0 saturated heterocycles. The largest absolute Gasteiger partial charge is 0.469 e. The SMILES string of the molecule is CC(C)NCC(C)S(=O)(=O)NCCc1ccco1. The van der Waals surface area contributed by atoms with E-state index in [-0.39, 0.29) is 6.04 Å². The van der Waals surface area contributed by atoms with Crippen LogP contribution in [0.4, 0.5) is 0 Å². The Morgan fingerprint density at radius 3 is 2.61 bits per heavy atom. The molecule has 104 valence electrons. The summed E-state index contributed by atoms with van der Waals surface area (Å²) in [5.74, 6) is 0.783. The van der Waals surface area contributed by atoms with Crippen LogP contribution < -0.4 is 10.0 Å². The Morgan fingerprint density at radius 1 is 1.33 bits per heavy atom. The van der Waals surface area contributed by atoms with Gasteiger partial charge in [-0.1, -0.05) is 13.8 Å². The normalized spacial score (nSPS) is 14.0. The minimum Gasteiger partial charge on any atom is -0.469 e. The lowest BCUT2D eigenvalue weighted by molar-refractivity contribution is 0.503. The monoisotopic (exact) mass is 274 g/mol. The van der Waals surface area contributed by atoms with Gasteiger partial charge in [0.15, 0.2) is 0 Å². The molecule has 2 N–H and O–H groups in total. The number of nitrogens with one attached hydrogen (secondary N) is 2. The van der Waals surface area contributed by atoms with E-state index in [0.717, 1.165) is 5.76 Å². The van der Waals surface area contributed by atoms with Gasteiger partial charge >= 0.3 is 0 Å². The summed E-state index contributed by atoms with van der Waals surface area (Å²) in [6, 6.07) is 3.91. The van der Waals surface area contributed by atoms with Gasteiger partial charge in [0, 0.05) is 25.6 Å². The molecule has 18 heavy (non-hydrogen) atoms. The molecule has 1 heterocycles. The van der Waals surface area contributed by atoms with E-state index in [1.165, 1.54) is 0 Å². The third-order valence-corrected chi connectivity index (χ3v) is 4.43. The molecule has 0 aliphatic heterocycles. The maximum Gasteiger partial charge on any atom is 0.215 e. The molecule has 0 saturated carbocycles. The Balaban J connectivity index is 2.34. The fourth-order valence-corrected chi connectivity index (χ4v) is 2.41. The summed E-state index contributed by atoms with van der Waals surface area (Å²) in [5.41, 5.74) is 0. The second-order valence-corrected chi connectivity index (χ2v) is 6.83. The third-order valence-electron chi connectivity index (χ3n) is 2.60. The number of hydrogen-bond acceptors (Lipinski definition) is 4. The maximum atomic E-state index is 11.9. The maximum absolute atomic E-state index is 11.9. The van der Waals surface area contributed by atoms with Gasteiger partial charge in [-0.05, 0) is 19.1 Å². The molecule has 1 rings (SSSR count). The lowest BCUT2D eigenvalue weighted by atomic mass is 10.3. The minimum atomic E-state index is -3.26. The van der Waals surface area contributed by atoms with E-state index in [0.29, 0.717) is 19.5 Å². The Labute approximate surface area is 109 Å². The Morgan fingerprint density at radius 2 is 2.06 bits per heavy atom. The van der Waals surface area contributed by atoms with Crippen molar-refractivity contribution in [2.45, 2.75) is 38.5 Å². The van der Waals surface area contributed by atoms with Crippen LogP contribution in [0.15, 0.2) is 22.8 Å². The molecular formula is C12H22N2O3S. The van der Waals surface area contributed by atoms with Gasteiger partial charge in [0.05, 0.1) is 11.5 Å². The standard InChI is InChI=1S/C12H22N2O3S/c1-10(2)13-9-11(3)18(15,16)14-7-6-12-5-4-8-17-12/h4-5,8,10-11,13-14H,6-7,9H2,1-3H3. The third kappa shape index (κ3) is 5.20. The quantitative estimate of drug-likeness (QED) is 0.745. The van der Waals surface area contributed by atoms with E-state index in [1.54, 1.807) is 19.3 Å². The summed E-state index contributed by atoms with van der Waals surface area (Å²) in [6.07, 6.45) is 2.15. The van der Waals surface area contributed by atoms with Gasteiger partial charge < -0.3 is 9.73 Å². The van der Waals surface area contributed by atoms with Crippen LogP contribution in [0.25, 0.3) is 0 Å². The predicted octanol–water partition coefficient (Wildman–Crippen LogP) is 1.13. The van der Waals surface area contributed by atoms with Crippen LogP contribution in [0.3, 0.4) is 0 Å². The molecule has 0 radical (unpaired) electrons. The van der Waals surface area contributed by atoms with Gasteiger partial charge in [0.2, 0.25) is 10.0 Å². The summed E-state index contributed by atoms with van der Waals surface area (Å²) in [6.45, 7) is 6.49. The first kappa shape index (κ1) is 15.2. The summed E-state index contributed by atoms with van der Waals surface area (Å²) in [5, 5.41) is 2.67. The number of rotatable bonds is 8. The van der Waals surface area contributed by atoms with E-state index >= 15 is 0 Å². The smallest absolute Gasteiger partial charge is 0.215 e. The first-order chi connectivity index (χ1) is 8.42. The van der Waals surface area contributed by atoms with Crippen molar-refractivity contribution >= 4 is 10.0 Å². The van der Waals surface area contributed by atoms with Crippen molar-refractivity contribution in [3.05, 3.63) is 24.2 Å². The average molecular weight is 274 g/mol. The molecule has 0 fully saturated rings. The zero-order chi connectivity index (χ0) is 13.6. The van der Waals surface area contributed by atoms with Crippen molar-refractivity contribution in [3.8, 4) is 0 Å².